The van der Waals surface area contributed by atoms with Crippen molar-refractivity contribution in [1.82, 2.24) is 20.5 Å². The lowest BCUT2D eigenvalue weighted by atomic mass is 10.0. The number of aromatic nitrogens is 1. The molecule has 1 saturated heterocycles. The molecule has 0 saturated carbocycles. The molecule has 0 spiro atoms. The summed E-state index contributed by atoms with van der Waals surface area (Å²) in [5, 5.41) is 5.81. The van der Waals surface area contributed by atoms with E-state index in [1.54, 1.807) is 18.2 Å². The summed E-state index contributed by atoms with van der Waals surface area (Å²) in [6.07, 6.45) is 0.375. The number of halogens is 1. The summed E-state index contributed by atoms with van der Waals surface area (Å²) in [6, 6.07) is 12.7. The third-order valence-electron chi connectivity index (χ3n) is 5.96. The van der Waals surface area contributed by atoms with E-state index in [4.69, 9.17) is 0 Å². The Bertz CT molecular complexity index is 1340. The number of amides is 4. The van der Waals surface area contributed by atoms with Crippen LogP contribution in [0.3, 0.4) is 0 Å². The Morgan fingerprint density at radius 3 is 2.79 bits per heavy atom. The van der Waals surface area contributed by atoms with Crippen LogP contribution < -0.4 is 10.6 Å². The lowest BCUT2D eigenvalue weighted by molar-refractivity contribution is -0.136. The number of carbonyl (C=O) groups excluding carboxylic acids is 4. The second-order valence-corrected chi connectivity index (χ2v) is 8.07. The normalized spacial score (nSPS) is 17.8. The topological polar surface area (TPSA) is 108 Å². The van der Waals surface area contributed by atoms with Crippen molar-refractivity contribution in [1.29, 1.82) is 0 Å². The van der Waals surface area contributed by atoms with Crippen LogP contribution in [0.4, 0.5) is 4.39 Å². The average molecular weight is 446 g/mol. The number of hydrogen-bond acceptors (Lipinski definition) is 5. The third kappa shape index (κ3) is 3.82. The molecular weight excluding hydrogens is 427 g/mol. The van der Waals surface area contributed by atoms with Crippen LogP contribution in [-0.4, -0.2) is 39.6 Å². The fourth-order valence-corrected chi connectivity index (χ4v) is 4.23. The highest BCUT2D eigenvalue weighted by molar-refractivity contribution is 6.05. The fraction of sp³-hybridized carbons (Fsp3) is 0.208. The van der Waals surface area contributed by atoms with Crippen molar-refractivity contribution >= 4 is 34.5 Å². The summed E-state index contributed by atoms with van der Waals surface area (Å²) >= 11 is 0. The Hall–Kier alpha value is -4.14. The molecule has 2 aliphatic heterocycles. The molecule has 166 valence electrons. The molecule has 0 aliphatic carbocycles. The quantitative estimate of drug-likeness (QED) is 0.597. The third-order valence-corrected chi connectivity index (χ3v) is 5.96. The van der Waals surface area contributed by atoms with E-state index in [0.29, 0.717) is 11.1 Å². The number of nitrogens with zero attached hydrogens (tertiary/aromatic N) is 2. The fourth-order valence-electron chi connectivity index (χ4n) is 4.23. The SMILES string of the molecule is O=C1CCC(N2Cc3cc(CNC(=O)c4ccc5ccccc5n4)c(F)cc3C2=O)C(=O)N1. The summed E-state index contributed by atoms with van der Waals surface area (Å²) in [7, 11) is 0. The largest absolute Gasteiger partial charge is 0.347 e. The number of hydrogen-bond donors (Lipinski definition) is 2. The minimum Gasteiger partial charge on any atom is -0.347 e. The van der Waals surface area contributed by atoms with Crippen LogP contribution in [-0.2, 0) is 22.7 Å². The van der Waals surface area contributed by atoms with Gasteiger partial charge in [-0.2, -0.15) is 0 Å². The molecule has 2 aromatic carbocycles. The molecule has 2 aliphatic rings. The minimum absolute atomic E-state index is 0.0843. The molecule has 0 bridgehead atoms. The van der Waals surface area contributed by atoms with E-state index in [9.17, 15) is 23.6 Å². The Morgan fingerprint density at radius 2 is 1.97 bits per heavy atom. The maximum Gasteiger partial charge on any atom is 0.270 e. The molecule has 8 nitrogen and oxygen atoms in total. The van der Waals surface area contributed by atoms with E-state index in [-0.39, 0.29) is 48.7 Å². The van der Waals surface area contributed by atoms with Crippen LogP contribution in [0.5, 0.6) is 0 Å². The maximum absolute atomic E-state index is 14.7. The molecule has 4 amide bonds. The lowest BCUT2D eigenvalue weighted by Crippen LogP contribution is -2.52. The van der Waals surface area contributed by atoms with Gasteiger partial charge in [0.05, 0.1) is 5.52 Å². The molecule has 9 heteroatoms. The first kappa shape index (κ1) is 20.7. The zero-order valence-electron chi connectivity index (χ0n) is 17.4. The molecule has 1 unspecified atom stereocenters. The van der Waals surface area contributed by atoms with Gasteiger partial charge in [-0.25, -0.2) is 9.37 Å². The van der Waals surface area contributed by atoms with Crippen molar-refractivity contribution < 1.29 is 23.6 Å². The monoisotopic (exact) mass is 446 g/mol. The molecule has 1 atom stereocenters. The van der Waals surface area contributed by atoms with Crippen molar-refractivity contribution in [2.45, 2.75) is 32.0 Å². The zero-order valence-corrected chi connectivity index (χ0v) is 17.4. The van der Waals surface area contributed by atoms with Gasteiger partial charge in [0.2, 0.25) is 11.8 Å². The van der Waals surface area contributed by atoms with Gasteiger partial charge in [-0.3, -0.25) is 24.5 Å². The van der Waals surface area contributed by atoms with Gasteiger partial charge in [0.1, 0.15) is 17.6 Å². The lowest BCUT2D eigenvalue weighted by Gasteiger charge is -2.29. The minimum atomic E-state index is -0.771. The second-order valence-electron chi connectivity index (χ2n) is 8.07. The molecule has 1 fully saturated rings. The summed E-state index contributed by atoms with van der Waals surface area (Å²) in [5.74, 6) is -2.41. The van der Waals surface area contributed by atoms with Crippen molar-refractivity contribution in [2.24, 2.45) is 0 Å². The highest BCUT2D eigenvalue weighted by atomic mass is 19.1. The summed E-state index contributed by atoms with van der Waals surface area (Å²) in [4.78, 5) is 54.6. The van der Waals surface area contributed by atoms with Crippen molar-refractivity contribution in [3.8, 4) is 0 Å². The Morgan fingerprint density at radius 1 is 1.15 bits per heavy atom. The Labute approximate surface area is 187 Å². The number of fused-ring (bicyclic) bond motifs is 2. The first-order valence-corrected chi connectivity index (χ1v) is 10.5. The number of benzene rings is 2. The van der Waals surface area contributed by atoms with Gasteiger partial charge < -0.3 is 10.2 Å². The Kier molecular flexibility index (Phi) is 5.08. The molecule has 1 aromatic heterocycles. The predicted octanol–water partition coefficient (Wildman–Crippen LogP) is 2.06. The Balaban J connectivity index is 1.31. The maximum atomic E-state index is 14.7. The molecule has 3 aromatic rings. The molecule has 2 N–H and O–H groups in total. The van der Waals surface area contributed by atoms with Crippen LogP contribution in [0.15, 0.2) is 48.5 Å². The number of piperidine rings is 1. The standard InChI is InChI=1S/C24H19FN4O4/c25-17-10-16-15(12-29(24(16)33)20-7-8-21(30)28-23(20)32)9-14(17)11-26-22(31)19-6-5-13-3-1-2-4-18(13)27-19/h1-6,9-10,20H,7-8,11-12H2,(H,26,31)(H,28,30,32). The van der Waals surface area contributed by atoms with Gasteiger partial charge in [0.15, 0.2) is 0 Å². The van der Waals surface area contributed by atoms with Crippen molar-refractivity contribution in [3.05, 3.63) is 76.7 Å². The van der Waals surface area contributed by atoms with Crippen LogP contribution in [0.25, 0.3) is 10.9 Å². The van der Waals surface area contributed by atoms with Crippen molar-refractivity contribution in [2.75, 3.05) is 0 Å². The van der Waals surface area contributed by atoms with Crippen LogP contribution in [0.2, 0.25) is 0 Å². The second kappa shape index (κ2) is 8.09. The van der Waals surface area contributed by atoms with Crippen LogP contribution >= 0.6 is 0 Å². The van der Waals surface area contributed by atoms with E-state index in [2.05, 4.69) is 15.6 Å². The van der Waals surface area contributed by atoms with Gasteiger partial charge in [-0.05, 0) is 36.2 Å². The van der Waals surface area contributed by atoms with E-state index < -0.39 is 29.6 Å². The van der Waals surface area contributed by atoms with Gasteiger partial charge in [-0.1, -0.05) is 24.3 Å². The van der Waals surface area contributed by atoms with Gasteiger partial charge in [0, 0.05) is 36.0 Å². The number of pyridine rings is 1. The number of imide groups is 1. The highest BCUT2D eigenvalue weighted by Crippen LogP contribution is 2.29. The summed E-state index contributed by atoms with van der Waals surface area (Å²) in [5.41, 5.74) is 1.87. The highest BCUT2D eigenvalue weighted by Gasteiger charge is 2.39. The number of rotatable bonds is 4. The van der Waals surface area contributed by atoms with Gasteiger partial charge in [0.25, 0.3) is 11.8 Å². The molecule has 5 rings (SSSR count). The summed E-state index contributed by atoms with van der Waals surface area (Å²) in [6.45, 7) is 0.0486. The van der Waals surface area contributed by atoms with Gasteiger partial charge >= 0.3 is 0 Å². The van der Waals surface area contributed by atoms with Crippen LogP contribution in [0, 0.1) is 5.82 Å². The van der Waals surface area contributed by atoms with E-state index >= 15 is 0 Å². The predicted molar refractivity (Wildman–Crippen MR) is 115 cm³/mol. The molecule has 33 heavy (non-hydrogen) atoms. The molecular formula is C24H19FN4O4. The summed E-state index contributed by atoms with van der Waals surface area (Å²) < 4.78 is 14.7. The smallest absolute Gasteiger partial charge is 0.270 e. The number of carbonyl (C=O) groups is 4. The number of nitrogens with one attached hydrogen (secondary N) is 2. The van der Waals surface area contributed by atoms with Gasteiger partial charge in [-0.15, -0.1) is 0 Å². The average Bonchev–Trinajstić information content (AvgIpc) is 3.12. The molecule has 3 heterocycles. The van der Waals surface area contributed by atoms with E-state index in [0.717, 1.165) is 11.5 Å². The first-order valence-electron chi connectivity index (χ1n) is 10.5. The van der Waals surface area contributed by atoms with E-state index in [1.807, 2.05) is 18.2 Å². The zero-order chi connectivity index (χ0) is 23.1. The van der Waals surface area contributed by atoms with Crippen LogP contribution in [0.1, 0.15) is 44.8 Å². The first-order chi connectivity index (χ1) is 15.9. The van der Waals surface area contributed by atoms with Crippen molar-refractivity contribution in [3.63, 3.8) is 0 Å². The van der Waals surface area contributed by atoms with E-state index in [1.165, 1.54) is 11.0 Å². The molecule has 0 radical (unpaired) electrons. The number of para-hydroxylation sites is 1.